The van der Waals surface area contributed by atoms with E-state index in [2.05, 4.69) is 33.0 Å². The number of thiophene rings is 1. The normalized spacial score (nSPS) is 14.8. The first-order chi connectivity index (χ1) is 7.84. The van der Waals surface area contributed by atoms with Gasteiger partial charge in [0.2, 0.25) is 0 Å². The van der Waals surface area contributed by atoms with Gasteiger partial charge < -0.3 is 5.32 Å². The van der Waals surface area contributed by atoms with Crippen LogP contribution in [0.4, 0.5) is 0 Å². The van der Waals surface area contributed by atoms with Crippen molar-refractivity contribution >= 4 is 11.3 Å². The summed E-state index contributed by atoms with van der Waals surface area (Å²) >= 11 is 1.71. The van der Waals surface area contributed by atoms with E-state index in [4.69, 9.17) is 0 Å². The van der Waals surface area contributed by atoms with Crippen LogP contribution in [0, 0.1) is 6.92 Å². The second-order valence-electron chi connectivity index (χ2n) is 4.06. The molecule has 0 atom stereocenters. The van der Waals surface area contributed by atoms with E-state index in [9.17, 15) is 0 Å². The van der Waals surface area contributed by atoms with E-state index in [0.717, 1.165) is 25.3 Å². The van der Waals surface area contributed by atoms with Gasteiger partial charge in [-0.2, -0.15) is 11.3 Å². The summed E-state index contributed by atoms with van der Waals surface area (Å²) in [5, 5.41) is 7.59. The smallest absolute Gasteiger partial charge is 0.160 e. The standard InChI is InChI=1S/C12H13N3S/c1-8-6-16-7-10(8)12-14-5-9-4-13-3-2-11(9)15-12/h5-7,13H,2-4H2,1H3. The molecular formula is C12H13N3S. The highest BCUT2D eigenvalue weighted by Gasteiger charge is 2.13. The Morgan fingerprint density at radius 2 is 2.31 bits per heavy atom. The van der Waals surface area contributed by atoms with Crippen molar-refractivity contribution in [3.05, 3.63) is 33.8 Å². The zero-order valence-electron chi connectivity index (χ0n) is 9.16. The summed E-state index contributed by atoms with van der Waals surface area (Å²) in [4.78, 5) is 9.12. The Morgan fingerprint density at radius 1 is 1.38 bits per heavy atom. The number of rotatable bonds is 1. The molecule has 16 heavy (non-hydrogen) atoms. The Labute approximate surface area is 98.6 Å². The first-order valence-corrected chi connectivity index (χ1v) is 6.37. The zero-order valence-corrected chi connectivity index (χ0v) is 9.97. The van der Waals surface area contributed by atoms with Crippen molar-refractivity contribution in [2.75, 3.05) is 6.54 Å². The van der Waals surface area contributed by atoms with E-state index in [1.54, 1.807) is 11.3 Å². The fraction of sp³-hybridized carbons (Fsp3) is 0.333. The molecule has 0 aromatic carbocycles. The maximum atomic E-state index is 4.67. The highest BCUT2D eigenvalue weighted by Crippen LogP contribution is 2.24. The van der Waals surface area contributed by atoms with Crippen LogP contribution in [0.5, 0.6) is 0 Å². The van der Waals surface area contributed by atoms with Gasteiger partial charge in [0.15, 0.2) is 5.82 Å². The van der Waals surface area contributed by atoms with Crippen LogP contribution < -0.4 is 5.32 Å². The lowest BCUT2D eigenvalue weighted by Crippen LogP contribution is -2.24. The van der Waals surface area contributed by atoms with Gasteiger partial charge >= 0.3 is 0 Å². The minimum absolute atomic E-state index is 0.874. The fourth-order valence-electron chi connectivity index (χ4n) is 1.96. The molecule has 1 N–H and O–H groups in total. The van der Waals surface area contributed by atoms with Crippen LogP contribution in [-0.2, 0) is 13.0 Å². The van der Waals surface area contributed by atoms with E-state index in [0.29, 0.717) is 0 Å². The van der Waals surface area contributed by atoms with Crippen molar-refractivity contribution in [2.24, 2.45) is 0 Å². The Kier molecular flexibility index (Phi) is 2.46. The minimum atomic E-state index is 0.874. The molecule has 2 aromatic rings. The molecule has 0 bridgehead atoms. The predicted molar refractivity (Wildman–Crippen MR) is 65.5 cm³/mol. The summed E-state index contributed by atoms with van der Waals surface area (Å²) < 4.78 is 0. The average Bonchev–Trinajstić information content (AvgIpc) is 2.75. The summed E-state index contributed by atoms with van der Waals surface area (Å²) in [6.07, 6.45) is 2.97. The summed E-state index contributed by atoms with van der Waals surface area (Å²) in [7, 11) is 0. The van der Waals surface area contributed by atoms with Gasteiger partial charge in [-0.25, -0.2) is 9.97 Å². The lowest BCUT2D eigenvalue weighted by Gasteiger charge is -2.15. The van der Waals surface area contributed by atoms with Gasteiger partial charge in [-0.1, -0.05) is 0 Å². The molecule has 0 amide bonds. The summed E-state index contributed by atoms with van der Waals surface area (Å²) in [6.45, 7) is 4.03. The molecule has 3 nitrogen and oxygen atoms in total. The first-order valence-electron chi connectivity index (χ1n) is 5.43. The third-order valence-corrected chi connectivity index (χ3v) is 3.77. The van der Waals surface area contributed by atoms with Crippen LogP contribution in [0.1, 0.15) is 16.8 Å². The van der Waals surface area contributed by atoms with Crippen LogP contribution in [0.25, 0.3) is 11.4 Å². The van der Waals surface area contributed by atoms with Gasteiger partial charge in [0.1, 0.15) is 0 Å². The van der Waals surface area contributed by atoms with Gasteiger partial charge in [-0.3, -0.25) is 0 Å². The topological polar surface area (TPSA) is 37.8 Å². The first kappa shape index (κ1) is 9.93. The molecule has 3 rings (SSSR count). The van der Waals surface area contributed by atoms with Crippen LogP contribution in [0.2, 0.25) is 0 Å². The van der Waals surface area contributed by atoms with Crippen LogP contribution in [0.15, 0.2) is 17.0 Å². The SMILES string of the molecule is Cc1cscc1-c1ncc2c(n1)CCNC2. The van der Waals surface area contributed by atoms with Gasteiger partial charge in [0.05, 0.1) is 5.69 Å². The van der Waals surface area contributed by atoms with Crippen molar-refractivity contribution in [3.8, 4) is 11.4 Å². The maximum absolute atomic E-state index is 4.67. The number of aryl methyl sites for hydroxylation is 1. The molecule has 2 aromatic heterocycles. The number of nitrogens with zero attached hydrogens (tertiary/aromatic N) is 2. The molecule has 0 unspecified atom stereocenters. The van der Waals surface area contributed by atoms with E-state index in [-0.39, 0.29) is 0 Å². The summed E-state index contributed by atoms with van der Waals surface area (Å²) in [5.41, 5.74) is 4.88. The third-order valence-electron chi connectivity index (χ3n) is 2.90. The zero-order chi connectivity index (χ0) is 11.0. The Hall–Kier alpha value is -1.26. The lowest BCUT2D eigenvalue weighted by molar-refractivity contribution is 0.626. The molecular weight excluding hydrogens is 218 g/mol. The fourth-order valence-corrected chi connectivity index (χ4v) is 2.78. The van der Waals surface area contributed by atoms with Crippen LogP contribution >= 0.6 is 11.3 Å². The molecule has 0 aliphatic carbocycles. The molecule has 0 radical (unpaired) electrons. The van der Waals surface area contributed by atoms with E-state index in [1.165, 1.54) is 22.4 Å². The quantitative estimate of drug-likeness (QED) is 0.817. The molecule has 82 valence electrons. The predicted octanol–water partition coefficient (Wildman–Crippen LogP) is 2.16. The van der Waals surface area contributed by atoms with Crippen molar-refractivity contribution < 1.29 is 0 Å². The molecule has 0 saturated heterocycles. The van der Waals surface area contributed by atoms with Gasteiger partial charge in [-0.05, 0) is 17.9 Å². The van der Waals surface area contributed by atoms with E-state index < -0.39 is 0 Å². The molecule has 1 aliphatic heterocycles. The molecule has 0 saturated carbocycles. The lowest BCUT2D eigenvalue weighted by atomic mass is 10.1. The third kappa shape index (κ3) is 1.64. The van der Waals surface area contributed by atoms with Crippen molar-refractivity contribution in [1.82, 2.24) is 15.3 Å². The molecule has 0 spiro atoms. The number of fused-ring (bicyclic) bond motifs is 1. The minimum Gasteiger partial charge on any atom is -0.312 e. The van der Waals surface area contributed by atoms with Crippen LogP contribution in [-0.4, -0.2) is 16.5 Å². The largest absolute Gasteiger partial charge is 0.312 e. The molecule has 4 heteroatoms. The van der Waals surface area contributed by atoms with Gasteiger partial charge in [0.25, 0.3) is 0 Å². The van der Waals surface area contributed by atoms with Gasteiger partial charge in [-0.15, -0.1) is 0 Å². The second kappa shape index (κ2) is 3.96. The Balaban J connectivity index is 2.06. The van der Waals surface area contributed by atoms with E-state index in [1.807, 2.05) is 6.20 Å². The van der Waals surface area contributed by atoms with Crippen molar-refractivity contribution in [1.29, 1.82) is 0 Å². The number of hydrogen-bond acceptors (Lipinski definition) is 4. The highest BCUT2D eigenvalue weighted by atomic mass is 32.1. The highest BCUT2D eigenvalue weighted by molar-refractivity contribution is 7.08. The maximum Gasteiger partial charge on any atom is 0.160 e. The average molecular weight is 231 g/mol. The van der Waals surface area contributed by atoms with Crippen molar-refractivity contribution in [3.63, 3.8) is 0 Å². The van der Waals surface area contributed by atoms with Gasteiger partial charge in [0, 0.05) is 42.2 Å². The molecule has 1 aliphatic rings. The van der Waals surface area contributed by atoms with Crippen LogP contribution in [0.3, 0.4) is 0 Å². The Bertz CT molecular complexity index is 519. The Morgan fingerprint density at radius 3 is 3.12 bits per heavy atom. The number of hydrogen-bond donors (Lipinski definition) is 1. The molecule has 3 heterocycles. The van der Waals surface area contributed by atoms with Crippen molar-refractivity contribution in [2.45, 2.75) is 19.9 Å². The summed E-state index contributed by atoms with van der Waals surface area (Å²) in [5.74, 6) is 0.874. The second-order valence-corrected chi connectivity index (χ2v) is 4.80. The van der Waals surface area contributed by atoms with E-state index >= 15 is 0 Å². The summed E-state index contributed by atoms with van der Waals surface area (Å²) in [6, 6.07) is 0. The number of nitrogens with one attached hydrogen (secondary N) is 1. The number of aromatic nitrogens is 2. The molecule has 0 fully saturated rings. The monoisotopic (exact) mass is 231 g/mol.